The minimum atomic E-state index is 0.649. The van der Waals surface area contributed by atoms with Crippen LogP contribution in [0.2, 0.25) is 0 Å². The molecule has 0 aliphatic heterocycles. The van der Waals surface area contributed by atoms with E-state index in [0.29, 0.717) is 5.89 Å². The zero-order chi connectivity index (χ0) is 8.39. The van der Waals surface area contributed by atoms with E-state index in [1.807, 2.05) is 6.92 Å². The normalized spacial score (nSPS) is 16.8. The Morgan fingerprint density at radius 3 is 2.92 bits per heavy atom. The summed E-state index contributed by atoms with van der Waals surface area (Å²) < 4.78 is 5.22. The summed E-state index contributed by atoms with van der Waals surface area (Å²) >= 11 is 0. The van der Waals surface area contributed by atoms with Crippen LogP contribution in [0.15, 0.2) is 4.42 Å². The topological polar surface area (TPSA) is 51.0 Å². The van der Waals surface area contributed by atoms with Crippen molar-refractivity contribution in [1.29, 1.82) is 0 Å². The molecule has 1 saturated carbocycles. The van der Waals surface area contributed by atoms with Crippen LogP contribution < -0.4 is 5.32 Å². The Balaban J connectivity index is 1.71. The molecule has 0 radical (unpaired) electrons. The highest BCUT2D eigenvalue weighted by Crippen LogP contribution is 2.18. The quantitative estimate of drug-likeness (QED) is 0.716. The van der Waals surface area contributed by atoms with Crippen LogP contribution >= 0.6 is 0 Å². The number of rotatable bonds is 4. The van der Waals surface area contributed by atoms with Crippen molar-refractivity contribution in [3.63, 3.8) is 0 Å². The van der Waals surface area contributed by atoms with Gasteiger partial charge in [0.1, 0.15) is 0 Å². The zero-order valence-corrected chi connectivity index (χ0v) is 7.21. The van der Waals surface area contributed by atoms with Crippen molar-refractivity contribution < 1.29 is 4.42 Å². The molecule has 4 heteroatoms. The molecule has 0 unspecified atom stereocenters. The van der Waals surface area contributed by atoms with Crippen molar-refractivity contribution in [1.82, 2.24) is 15.5 Å². The first kappa shape index (κ1) is 7.73. The van der Waals surface area contributed by atoms with Gasteiger partial charge in [-0.15, -0.1) is 10.2 Å². The average molecular weight is 167 g/mol. The minimum Gasteiger partial charge on any atom is -0.426 e. The van der Waals surface area contributed by atoms with Crippen molar-refractivity contribution in [3.8, 4) is 0 Å². The largest absolute Gasteiger partial charge is 0.426 e. The van der Waals surface area contributed by atoms with Gasteiger partial charge in [-0.25, -0.2) is 0 Å². The molecule has 1 heterocycles. The van der Waals surface area contributed by atoms with Crippen molar-refractivity contribution in [2.75, 3.05) is 6.54 Å². The summed E-state index contributed by atoms with van der Waals surface area (Å²) in [6.07, 6.45) is 3.49. The first-order chi connectivity index (χ1) is 5.84. The van der Waals surface area contributed by atoms with Crippen LogP contribution in [0.4, 0.5) is 0 Å². The molecule has 1 fully saturated rings. The maximum Gasteiger partial charge on any atom is 0.217 e. The Hall–Kier alpha value is -0.900. The molecule has 1 N–H and O–H groups in total. The predicted octanol–water partition coefficient (Wildman–Crippen LogP) is 0.673. The molecule has 4 nitrogen and oxygen atoms in total. The third kappa shape index (κ3) is 2.04. The maximum atomic E-state index is 5.22. The molecule has 66 valence electrons. The molecule has 0 spiro atoms. The van der Waals surface area contributed by atoms with Crippen LogP contribution in [0, 0.1) is 6.92 Å². The van der Waals surface area contributed by atoms with Gasteiger partial charge < -0.3 is 9.73 Å². The van der Waals surface area contributed by atoms with Crippen molar-refractivity contribution in [3.05, 3.63) is 11.8 Å². The number of aryl methyl sites for hydroxylation is 1. The minimum absolute atomic E-state index is 0.649. The molecule has 1 aromatic heterocycles. The molecule has 0 amide bonds. The fourth-order valence-electron chi connectivity index (χ4n) is 1.11. The van der Waals surface area contributed by atoms with E-state index < -0.39 is 0 Å². The summed E-state index contributed by atoms with van der Waals surface area (Å²) in [5, 5.41) is 11.0. The summed E-state index contributed by atoms with van der Waals surface area (Å²) in [6, 6.07) is 0.758. The highest BCUT2D eigenvalue weighted by atomic mass is 16.4. The van der Waals surface area contributed by atoms with Gasteiger partial charge in [0.05, 0.1) is 0 Å². The molecule has 0 saturated heterocycles. The van der Waals surface area contributed by atoms with Crippen LogP contribution in [0.25, 0.3) is 0 Å². The molecule has 12 heavy (non-hydrogen) atoms. The Bertz CT molecular complexity index is 255. The summed E-state index contributed by atoms with van der Waals surface area (Å²) in [5.74, 6) is 1.39. The van der Waals surface area contributed by atoms with E-state index in [1.54, 1.807) is 0 Å². The second kappa shape index (κ2) is 3.23. The highest BCUT2D eigenvalue weighted by molar-refractivity contribution is 4.84. The van der Waals surface area contributed by atoms with E-state index in [1.165, 1.54) is 12.8 Å². The Kier molecular flexibility index (Phi) is 2.08. The fraction of sp³-hybridized carbons (Fsp3) is 0.750. The number of hydrogen-bond donors (Lipinski definition) is 1. The molecule has 0 bridgehead atoms. The highest BCUT2D eigenvalue weighted by Gasteiger charge is 2.19. The molecule has 1 aliphatic carbocycles. The lowest BCUT2D eigenvalue weighted by Crippen LogP contribution is -2.19. The van der Waals surface area contributed by atoms with Gasteiger partial charge in [0.25, 0.3) is 0 Å². The molecular formula is C8H13N3O. The van der Waals surface area contributed by atoms with Gasteiger partial charge in [0, 0.05) is 25.9 Å². The molecule has 2 rings (SSSR count). The van der Waals surface area contributed by atoms with Gasteiger partial charge in [0.2, 0.25) is 11.8 Å². The van der Waals surface area contributed by atoms with Crippen LogP contribution in [-0.4, -0.2) is 22.8 Å². The maximum absolute atomic E-state index is 5.22. The Morgan fingerprint density at radius 1 is 1.50 bits per heavy atom. The van der Waals surface area contributed by atoms with E-state index in [0.717, 1.165) is 24.9 Å². The van der Waals surface area contributed by atoms with Crippen LogP contribution in [-0.2, 0) is 6.42 Å². The number of hydrogen-bond acceptors (Lipinski definition) is 4. The van der Waals surface area contributed by atoms with E-state index in [2.05, 4.69) is 15.5 Å². The lowest BCUT2D eigenvalue weighted by molar-refractivity contribution is 0.460. The molecule has 0 atom stereocenters. The lowest BCUT2D eigenvalue weighted by Gasteiger charge is -1.97. The summed E-state index contributed by atoms with van der Waals surface area (Å²) in [6.45, 7) is 2.76. The van der Waals surface area contributed by atoms with Crippen molar-refractivity contribution in [2.24, 2.45) is 0 Å². The fourth-order valence-corrected chi connectivity index (χ4v) is 1.11. The van der Waals surface area contributed by atoms with E-state index in [4.69, 9.17) is 4.42 Å². The van der Waals surface area contributed by atoms with Crippen molar-refractivity contribution >= 4 is 0 Å². The SMILES string of the molecule is Cc1nnc(CCNC2CC2)o1. The third-order valence-electron chi connectivity index (χ3n) is 1.92. The summed E-state index contributed by atoms with van der Waals surface area (Å²) in [4.78, 5) is 0. The van der Waals surface area contributed by atoms with E-state index in [-0.39, 0.29) is 0 Å². The average Bonchev–Trinajstić information content (AvgIpc) is 2.76. The zero-order valence-electron chi connectivity index (χ0n) is 7.21. The summed E-state index contributed by atoms with van der Waals surface area (Å²) in [7, 11) is 0. The van der Waals surface area contributed by atoms with Gasteiger partial charge in [-0.1, -0.05) is 0 Å². The predicted molar refractivity (Wildman–Crippen MR) is 43.8 cm³/mol. The standard InChI is InChI=1S/C8H13N3O/c1-6-10-11-8(12-6)4-5-9-7-2-3-7/h7,9H,2-5H2,1H3. The molecule has 1 aromatic rings. The molecule has 0 aromatic carbocycles. The second-order valence-corrected chi connectivity index (χ2v) is 3.19. The van der Waals surface area contributed by atoms with Crippen LogP contribution in [0.1, 0.15) is 24.6 Å². The van der Waals surface area contributed by atoms with Crippen LogP contribution in [0.3, 0.4) is 0 Å². The Morgan fingerprint density at radius 2 is 2.33 bits per heavy atom. The lowest BCUT2D eigenvalue weighted by atomic mass is 10.4. The number of nitrogens with zero attached hydrogens (tertiary/aromatic N) is 2. The Labute approximate surface area is 71.4 Å². The number of aromatic nitrogens is 2. The van der Waals surface area contributed by atoms with Gasteiger partial charge in [-0.3, -0.25) is 0 Å². The first-order valence-electron chi connectivity index (χ1n) is 4.37. The van der Waals surface area contributed by atoms with Gasteiger partial charge >= 0.3 is 0 Å². The third-order valence-corrected chi connectivity index (χ3v) is 1.92. The van der Waals surface area contributed by atoms with Gasteiger partial charge in [-0.05, 0) is 12.8 Å². The molecular weight excluding hydrogens is 154 g/mol. The smallest absolute Gasteiger partial charge is 0.217 e. The summed E-state index contributed by atoms with van der Waals surface area (Å²) in [5.41, 5.74) is 0. The number of nitrogens with one attached hydrogen (secondary N) is 1. The van der Waals surface area contributed by atoms with E-state index >= 15 is 0 Å². The molecule has 1 aliphatic rings. The first-order valence-corrected chi connectivity index (χ1v) is 4.37. The van der Waals surface area contributed by atoms with Crippen molar-refractivity contribution in [2.45, 2.75) is 32.2 Å². The second-order valence-electron chi connectivity index (χ2n) is 3.19. The monoisotopic (exact) mass is 167 g/mol. The van der Waals surface area contributed by atoms with Gasteiger partial charge in [0.15, 0.2) is 0 Å². The van der Waals surface area contributed by atoms with Crippen LogP contribution in [0.5, 0.6) is 0 Å². The van der Waals surface area contributed by atoms with E-state index in [9.17, 15) is 0 Å². The van der Waals surface area contributed by atoms with Gasteiger partial charge in [-0.2, -0.15) is 0 Å².